The lowest BCUT2D eigenvalue weighted by atomic mass is 10.2. The largest absolute Gasteiger partial charge is 0.352 e. The minimum Gasteiger partial charge on any atom is -0.352 e. The van der Waals surface area contributed by atoms with Crippen LogP contribution < -0.4 is 10.2 Å². The van der Waals surface area contributed by atoms with Crippen molar-refractivity contribution in [1.82, 2.24) is 5.32 Å². The Bertz CT molecular complexity index is 731. The van der Waals surface area contributed by atoms with Gasteiger partial charge in [0.2, 0.25) is 11.8 Å². The van der Waals surface area contributed by atoms with Gasteiger partial charge >= 0.3 is 0 Å². The molecule has 0 aliphatic rings. The molecule has 0 spiro atoms. The summed E-state index contributed by atoms with van der Waals surface area (Å²) >= 11 is 0. The van der Waals surface area contributed by atoms with Gasteiger partial charge in [-0.05, 0) is 30.7 Å². The highest BCUT2D eigenvalue weighted by atomic mass is 19.1. The first-order valence-corrected chi connectivity index (χ1v) is 7.82. The number of nitrogens with zero attached hydrogens (tertiary/aromatic N) is 1. The van der Waals surface area contributed by atoms with Crippen LogP contribution in [0.15, 0.2) is 48.5 Å². The van der Waals surface area contributed by atoms with Gasteiger partial charge in [0.25, 0.3) is 0 Å². The fraction of sp³-hybridized carbons (Fsp3) is 0.263. The van der Waals surface area contributed by atoms with Gasteiger partial charge in [-0.25, -0.2) is 4.39 Å². The highest BCUT2D eigenvalue weighted by molar-refractivity contribution is 5.92. The number of rotatable bonds is 6. The van der Waals surface area contributed by atoms with E-state index in [1.165, 1.54) is 13.0 Å². The van der Waals surface area contributed by atoms with Gasteiger partial charge in [-0.2, -0.15) is 0 Å². The Balaban J connectivity index is 1.91. The summed E-state index contributed by atoms with van der Waals surface area (Å²) in [5.74, 6) is -0.692. The lowest BCUT2D eigenvalue weighted by Gasteiger charge is -2.21. The predicted octanol–water partition coefficient (Wildman–Crippen LogP) is 3.19. The van der Waals surface area contributed by atoms with Crippen molar-refractivity contribution in [2.75, 3.05) is 11.4 Å². The van der Waals surface area contributed by atoms with Crippen molar-refractivity contribution in [2.45, 2.75) is 26.8 Å². The monoisotopic (exact) mass is 328 g/mol. The molecule has 2 aromatic rings. The molecule has 1 N–H and O–H groups in total. The third kappa shape index (κ3) is 4.91. The second kappa shape index (κ2) is 8.24. The molecule has 24 heavy (non-hydrogen) atoms. The maximum absolute atomic E-state index is 13.5. The van der Waals surface area contributed by atoms with Crippen molar-refractivity contribution in [3.05, 3.63) is 65.5 Å². The summed E-state index contributed by atoms with van der Waals surface area (Å²) in [4.78, 5) is 25.4. The van der Waals surface area contributed by atoms with E-state index in [4.69, 9.17) is 0 Å². The minimum atomic E-state index is -0.345. The first-order valence-electron chi connectivity index (χ1n) is 7.82. The average molecular weight is 328 g/mol. The molecule has 0 atom stereocenters. The van der Waals surface area contributed by atoms with Crippen LogP contribution in [0.25, 0.3) is 0 Å². The molecule has 0 fully saturated rings. The van der Waals surface area contributed by atoms with Gasteiger partial charge in [-0.1, -0.05) is 30.3 Å². The molecule has 0 aliphatic heterocycles. The zero-order valence-electron chi connectivity index (χ0n) is 13.9. The predicted molar refractivity (Wildman–Crippen MR) is 92.1 cm³/mol. The molecular formula is C19H21FN2O2. The van der Waals surface area contributed by atoms with E-state index >= 15 is 0 Å². The molecule has 126 valence electrons. The van der Waals surface area contributed by atoms with E-state index in [0.717, 1.165) is 11.3 Å². The van der Waals surface area contributed by atoms with E-state index in [1.54, 1.807) is 23.1 Å². The number of aryl methyl sites for hydroxylation is 1. The molecule has 4 nitrogen and oxygen atoms in total. The van der Waals surface area contributed by atoms with Crippen molar-refractivity contribution in [3.63, 3.8) is 0 Å². The van der Waals surface area contributed by atoms with Gasteiger partial charge in [0.15, 0.2) is 0 Å². The Hall–Kier alpha value is -2.69. The topological polar surface area (TPSA) is 49.4 Å². The van der Waals surface area contributed by atoms with Crippen molar-refractivity contribution in [3.8, 4) is 0 Å². The summed E-state index contributed by atoms with van der Waals surface area (Å²) in [7, 11) is 0. The van der Waals surface area contributed by atoms with Gasteiger partial charge in [0.1, 0.15) is 5.82 Å². The Labute approximate surface area is 141 Å². The van der Waals surface area contributed by atoms with Crippen LogP contribution in [-0.4, -0.2) is 18.4 Å². The molecule has 5 heteroatoms. The third-order valence-electron chi connectivity index (χ3n) is 3.69. The highest BCUT2D eigenvalue weighted by Crippen LogP contribution is 2.16. The van der Waals surface area contributed by atoms with Crippen LogP contribution in [-0.2, 0) is 16.1 Å². The molecule has 0 saturated carbocycles. The van der Waals surface area contributed by atoms with Crippen LogP contribution in [0.5, 0.6) is 0 Å². The second-order valence-electron chi connectivity index (χ2n) is 5.63. The number of anilines is 1. The van der Waals surface area contributed by atoms with E-state index in [1.807, 2.05) is 31.2 Å². The molecule has 0 aliphatic carbocycles. The third-order valence-corrected chi connectivity index (χ3v) is 3.69. The Morgan fingerprint density at radius 1 is 1.12 bits per heavy atom. The standard InChI is InChI=1S/C19H21FN2O2/c1-14-6-5-8-17(12-14)22(15(2)23)11-10-19(24)21-13-16-7-3-4-9-18(16)20/h3-9,12H,10-11,13H2,1-2H3,(H,21,24). The maximum atomic E-state index is 13.5. The van der Waals surface area contributed by atoms with E-state index in [0.29, 0.717) is 5.56 Å². The summed E-state index contributed by atoms with van der Waals surface area (Å²) in [5.41, 5.74) is 2.25. The summed E-state index contributed by atoms with van der Waals surface area (Å²) in [6.07, 6.45) is 0.155. The van der Waals surface area contributed by atoms with E-state index in [9.17, 15) is 14.0 Å². The van der Waals surface area contributed by atoms with Gasteiger partial charge in [-0.3, -0.25) is 9.59 Å². The van der Waals surface area contributed by atoms with Gasteiger partial charge < -0.3 is 10.2 Å². The summed E-state index contributed by atoms with van der Waals surface area (Å²) < 4.78 is 13.5. The van der Waals surface area contributed by atoms with Crippen LogP contribution >= 0.6 is 0 Å². The van der Waals surface area contributed by atoms with E-state index < -0.39 is 0 Å². The zero-order valence-corrected chi connectivity index (χ0v) is 13.9. The SMILES string of the molecule is CC(=O)N(CCC(=O)NCc1ccccc1F)c1cccc(C)c1. The zero-order chi connectivity index (χ0) is 17.5. The van der Waals surface area contributed by atoms with Crippen LogP contribution in [0, 0.1) is 12.7 Å². The van der Waals surface area contributed by atoms with Crippen LogP contribution in [0.3, 0.4) is 0 Å². The first-order chi connectivity index (χ1) is 11.5. The van der Waals surface area contributed by atoms with Crippen molar-refractivity contribution in [2.24, 2.45) is 0 Å². The number of carbonyl (C=O) groups excluding carboxylic acids is 2. The number of hydrogen-bond acceptors (Lipinski definition) is 2. The number of nitrogens with one attached hydrogen (secondary N) is 1. The molecule has 0 aromatic heterocycles. The lowest BCUT2D eigenvalue weighted by molar-refractivity contribution is -0.121. The minimum absolute atomic E-state index is 0.123. The average Bonchev–Trinajstić information content (AvgIpc) is 2.54. The molecule has 0 unspecified atom stereocenters. The van der Waals surface area contributed by atoms with Gasteiger partial charge in [-0.15, -0.1) is 0 Å². The van der Waals surface area contributed by atoms with Crippen molar-refractivity contribution < 1.29 is 14.0 Å². The quantitative estimate of drug-likeness (QED) is 0.885. The molecule has 2 amide bonds. The Kier molecular flexibility index (Phi) is 6.07. The lowest BCUT2D eigenvalue weighted by Crippen LogP contribution is -2.33. The molecular weight excluding hydrogens is 307 g/mol. The van der Waals surface area contributed by atoms with Crippen LogP contribution in [0.4, 0.5) is 10.1 Å². The second-order valence-corrected chi connectivity index (χ2v) is 5.63. The number of amides is 2. The normalized spacial score (nSPS) is 10.3. The molecule has 2 rings (SSSR count). The molecule has 0 heterocycles. The summed E-state index contributed by atoms with van der Waals surface area (Å²) in [5, 5.41) is 2.68. The van der Waals surface area contributed by atoms with Crippen LogP contribution in [0.2, 0.25) is 0 Å². The van der Waals surface area contributed by atoms with Crippen molar-refractivity contribution in [1.29, 1.82) is 0 Å². The smallest absolute Gasteiger partial charge is 0.223 e. The fourth-order valence-corrected chi connectivity index (χ4v) is 2.40. The number of benzene rings is 2. The highest BCUT2D eigenvalue weighted by Gasteiger charge is 2.13. The first kappa shape index (κ1) is 17.7. The molecule has 0 saturated heterocycles. The molecule has 0 radical (unpaired) electrons. The van der Waals surface area contributed by atoms with E-state index in [-0.39, 0.29) is 37.1 Å². The van der Waals surface area contributed by atoms with Crippen LogP contribution in [0.1, 0.15) is 24.5 Å². The summed E-state index contributed by atoms with van der Waals surface area (Å²) in [6, 6.07) is 13.9. The Morgan fingerprint density at radius 2 is 1.88 bits per heavy atom. The molecule has 0 bridgehead atoms. The molecule has 2 aromatic carbocycles. The van der Waals surface area contributed by atoms with E-state index in [2.05, 4.69) is 5.32 Å². The number of hydrogen-bond donors (Lipinski definition) is 1. The maximum Gasteiger partial charge on any atom is 0.223 e. The van der Waals surface area contributed by atoms with Crippen molar-refractivity contribution >= 4 is 17.5 Å². The summed E-state index contributed by atoms with van der Waals surface area (Å²) in [6.45, 7) is 3.83. The fourth-order valence-electron chi connectivity index (χ4n) is 2.40. The Morgan fingerprint density at radius 3 is 2.54 bits per heavy atom. The van der Waals surface area contributed by atoms with Gasteiger partial charge in [0, 0.05) is 37.7 Å². The van der Waals surface area contributed by atoms with Gasteiger partial charge in [0.05, 0.1) is 0 Å². The number of halogens is 1. The number of carbonyl (C=O) groups is 2.